The highest BCUT2D eigenvalue weighted by atomic mass is 31.2. The number of ketones is 2. The average molecular weight is 436 g/mol. The van der Waals surface area contributed by atoms with Gasteiger partial charge in [-0.1, -0.05) is 12.1 Å². The first-order chi connectivity index (χ1) is 12.7. The molecule has 158 valence electrons. The van der Waals surface area contributed by atoms with Crippen molar-refractivity contribution in [2.45, 2.75) is 18.0 Å². The quantitative estimate of drug-likeness (QED) is 0.347. The Kier molecular flexibility index (Phi) is 7.43. The molecule has 13 heteroatoms. The maximum Gasteiger partial charge on any atom is 0.450 e. The highest BCUT2D eigenvalue weighted by Crippen LogP contribution is 2.64. The summed E-state index contributed by atoms with van der Waals surface area (Å²) in [6, 6.07) is 4.17. The van der Waals surface area contributed by atoms with Crippen LogP contribution >= 0.6 is 7.60 Å². The van der Waals surface area contributed by atoms with Gasteiger partial charge in [0.1, 0.15) is 17.3 Å². The molecule has 6 nitrogen and oxygen atoms in total. The Labute approximate surface area is 155 Å². The van der Waals surface area contributed by atoms with Crippen LogP contribution in [0.3, 0.4) is 0 Å². The monoisotopic (exact) mass is 436 g/mol. The van der Waals surface area contributed by atoms with Gasteiger partial charge in [0.05, 0.1) is 7.11 Å². The molecule has 1 aromatic carbocycles. The molecular formula is C15H15F6O6P. The van der Waals surface area contributed by atoms with Crippen LogP contribution in [0.1, 0.15) is 11.2 Å². The van der Waals surface area contributed by atoms with Crippen molar-refractivity contribution in [1.29, 1.82) is 0 Å². The summed E-state index contributed by atoms with van der Waals surface area (Å²) >= 11 is 0. The lowest BCUT2D eigenvalue weighted by atomic mass is 9.89. The van der Waals surface area contributed by atoms with Crippen LogP contribution in [0.2, 0.25) is 0 Å². The van der Waals surface area contributed by atoms with E-state index in [-0.39, 0.29) is 5.75 Å². The molecule has 1 atom stereocenters. The summed E-state index contributed by atoms with van der Waals surface area (Å²) in [6.45, 7) is 0. The molecule has 1 aromatic rings. The van der Waals surface area contributed by atoms with Gasteiger partial charge in [0, 0.05) is 14.2 Å². The molecule has 0 heterocycles. The second-order valence-corrected chi connectivity index (χ2v) is 7.69. The molecule has 0 aliphatic rings. The zero-order valence-electron chi connectivity index (χ0n) is 14.6. The molecule has 0 aromatic heterocycles. The lowest BCUT2D eigenvalue weighted by Gasteiger charge is -2.30. The third-order valence-corrected chi connectivity index (χ3v) is 6.04. The van der Waals surface area contributed by atoms with Gasteiger partial charge in [0.25, 0.3) is 0 Å². The fourth-order valence-electron chi connectivity index (χ4n) is 2.42. The van der Waals surface area contributed by atoms with E-state index in [9.17, 15) is 40.5 Å². The number of Topliss-reactive ketones (excluding diaryl/α,β-unsaturated/α-hetero) is 2. The smallest absolute Gasteiger partial charge is 0.450 e. The number of halogens is 6. The second-order valence-electron chi connectivity index (χ2n) is 5.32. The number of ether oxygens (including phenoxy) is 1. The van der Waals surface area contributed by atoms with E-state index in [0.29, 0.717) is 14.2 Å². The third kappa shape index (κ3) is 5.12. The molecule has 0 saturated heterocycles. The zero-order chi connectivity index (χ0) is 21.9. The fourth-order valence-corrected chi connectivity index (χ4v) is 4.20. The topological polar surface area (TPSA) is 78.9 Å². The summed E-state index contributed by atoms with van der Waals surface area (Å²) < 4.78 is 105. The van der Waals surface area contributed by atoms with Crippen LogP contribution in [-0.4, -0.2) is 45.2 Å². The SMILES string of the molecule is COc1ccc(C(C(C(=O)C(F)(F)F)C(=O)C(F)(F)F)P(=O)(OC)OC)cc1. The first kappa shape index (κ1) is 24.1. The van der Waals surface area contributed by atoms with Gasteiger partial charge in [-0.15, -0.1) is 0 Å². The van der Waals surface area contributed by atoms with E-state index >= 15 is 0 Å². The van der Waals surface area contributed by atoms with Gasteiger partial charge < -0.3 is 13.8 Å². The summed E-state index contributed by atoms with van der Waals surface area (Å²) in [5.74, 6) is -9.32. The summed E-state index contributed by atoms with van der Waals surface area (Å²) in [5, 5.41) is 0. The lowest BCUT2D eigenvalue weighted by molar-refractivity contribution is -0.190. The van der Waals surface area contributed by atoms with Crippen LogP contribution < -0.4 is 4.74 Å². The molecule has 0 fully saturated rings. The molecule has 0 bridgehead atoms. The van der Waals surface area contributed by atoms with Gasteiger partial charge in [-0.2, -0.15) is 26.3 Å². The maximum atomic E-state index is 13.0. The number of carbonyl (C=O) groups excluding carboxylic acids is 2. The highest BCUT2D eigenvalue weighted by molar-refractivity contribution is 7.54. The molecule has 0 spiro atoms. The highest BCUT2D eigenvalue weighted by Gasteiger charge is 2.60. The Hall–Kier alpha value is -1.91. The van der Waals surface area contributed by atoms with Crippen LogP contribution in [0.25, 0.3) is 0 Å². The fraction of sp³-hybridized carbons (Fsp3) is 0.467. The Morgan fingerprint density at radius 3 is 1.54 bits per heavy atom. The molecule has 28 heavy (non-hydrogen) atoms. The Balaban J connectivity index is 3.78. The van der Waals surface area contributed by atoms with Crippen molar-refractivity contribution in [2.24, 2.45) is 5.92 Å². The molecule has 0 aliphatic carbocycles. The van der Waals surface area contributed by atoms with Crippen molar-refractivity contribution < 1.29 is 54.3 Å². The van der Waals surface area contributed by atoms with Crippen LogP contribution in [0.5, 0.6) is 5.75 Å². The lowest BCUT2D eigenvalue weighted by Crippen LogP contribution is -2.44. The number of methoxy groups -OCH3 is 1. The van der Waals surface area contributed by atoms with E-state index in [0.717, 1.165) is 24.3 Å². The van der Waals surface area contributed by atoms with Gasteiger partial charge in [-0.25, -0.2) is 0 Å². The van der Waals surface area contributed by atoms with Crippen molar-refractivity contribution >= 4 is 19.2 Å². The summed E-state index contributed by atoms with van der Waals surface area (Å²) in [5.41, 5.74) is -2.98. The van der Waals surface area contributed by atoms with Gasteiger partial charge in [0.2, 0.25) is 11.6 Å². The molecule has 0 N–H and O–H groups in total. The molecule has 0 radical (unpaired) electrons. The van der Waals surface area contributed by atoms with Crippen molar-refractivity contribution in [3.8, 4) is 5.75 Å². The van der Waals surface area contributed by atoms with Crippen molar-refractivity contribution in [3.63, 3.8) is 0 Å². The van der Waals surface area contributed by atoms with Crippen LogP contribution in [0.4, 0.5) is 26.3 Å². The third-order valence-electron chi connectivity index (χ3n) is 3.75. The predicted molar refractivity (Wildman–Crippen MR) is 83.0 cm³/mol. The van der Waals surface area contributed by atoms with E-state index in [1.807, 2.05) is 0 Å². The maximum absolute atomic E-state index is 13.0. The minimum absolute atomic E-state index is 0.160. The molecule has 1 unspecified atom stereocenters. The number of hydrogen-bond acceptors (Lipinski definition) is 6. The minimum atomic E-state index is -5.82. The number of rotatable bonds is 8. The Morgan fingerprint density at radius 2 is 1.25 bits per heavy atom. The molecule has 0 amide bonds. The van der Waals surface area contributed by atoms with Crippen molar-refractivity contribution in [2.75, 3.05) is 21.3 Å². The Bertz CT molecular complexity index is 724. The summed E-state index contributed by atoms with van der Waals surface area (Å²) in [6.07, 6.45) is -11.6. The molecular weight excluding hydrogens is 421 g/mol. The van der Waals surface area contributed by atoms with E-state index in [2.05, 4.69) is 9.05 Å². The van der Waals surface area contributed by atoms with Crippen LogP contribution in [-0.2, 0) is 23.2 Å². The van der Waals surface area contributed by atoms with Gasteiger partial charge >= 0.3 is 19.9 Å². The number of carbonyl (C=O) groups is 2. The summed E-state index contributed by atoms with van der Waals surface area (Å²) in [4.78, 5) is 23.5. The second kappa shape index (κ2) is 8.62. The average Bonchev–Trinajstić information content (AvgIpc) is 2.63. The minimum Gasteiger partial charge on any atom is -0.497 e. The number of alkyl halides is 6. The van der Waals surface area contributed by atoms with E-state index in [1.54, 1.807) is 0 Å². The van der Waals surface area contributed by atoms with E-state index in [4.69, 9.17) is 4.74 Å². The summed E-state index contributed by atoms with van der Waals surface area (Å²) in [7, 11) is -2.18. The van der Waals surface area contributed by atoms with Gasteiger partial charge in [0.15, 0.2) is 0 Å². The normalized spacial score (nSPS) is 14.1. The first-order valence-corrected chi connectivity index (χ1v) is 8.91. The van der Waals surface area contributed by atoms with Crippen molar-refractivity contribution in [1.82, 2.24) is 0 Å². The van der Waals surface area contributed by atoms with E-state index < -0.39 is 48.7 Å². The zero-order valence-corrected chi connectivity index (χ0v) is 15.5. The Morgan fingerprint density at radius 1 is 0.857 bits per heavy atom. The van der Waals surface area contributed by atoms with Crippen molar-refractivity contribution in [3.05, 3.63) is 29.8 Å². The van der Waals surface area contributed by atoms with E-state index in [1.165, 1.54) is 7.11 Å². The largest absolute Gasteiger partial charge is 0.497 e. The number of hydrogen-bond donors (Lipinski definition) is 0. The van der Waals surface area contributed by atoms with Gasteiger partial charge in [-0.05, 0) is 17.7 Å². The molecule has 1 rings (SSSR count). The number of benzene rings is 1. The van der Waals surface area contributed by atoms with Crippen LogP contribution in [0, 0.1) is 5.92 Å². The molecule has 0 aliphatic heterocycles. The predicted octanol–water partition coefficient (Wildman–Crippen LogP) is 4.10. The van der Waals surface area contributed by atoms with Gasteiger partial charge in [-0.3, -0.25) is 14.2 Å². The first-order valence-electron chi connectivity index (χ1n) is 7.30. The molecule has 0 saturated carbocycles. The van der Waals surface area contributed by atoms with Crippen LogP contribution in [0.15, 0.2) is 24.3 Å². The standard InChI is InChI=1S/C15H15F6O6P/c1-25-9-6-4-8(5-7-9)11(28(24,26-2)27-3)10(12(22)14(16,17)18)13(23)15(19,20)21/h4-7,10-11H,1-3H3.